The van der Waals surface area contributed by atoms with E-state index in [2.05, 4.69) is 38.4 Å². The molecule has 0 aliphatic carbocycles. The van der Waals surface area contributed by atoms with Crippen molar-refractivity contribution in [1.82, 2.24) is 4.57 Å². The SMILES string of the molecule is CCOC(=O)C1=C(C)N=c2s/c(=C/c3cc(I)c(OCc4ccc(C#N)cc4)c(OC)c3)c(=O)n2[C@H]1c1ccc(OCC(=O)OC)c(OCC)c1. The van der Waals surface area contributed by atoms with E-state index in [4.69, 9.17) is 28.9 Å². The number of rotatable bonds is 13. The number of benzene rings is 3. The average molecular weight is 824 g/mol. The molecule has 5 rings (SSSR count). The highest BCUT2D eigenvalue weighted by Gasteiger charge is 2.34. The summed E-state index contributed by atoms with van der Waals surface area (Å²) < 4.78 is 36.0. The molecule has 1 aliphatic heterocycles. The van der Waals surface area contributed by atoms with Crippen LogP contribution >= 0.6 is 33.9 Å². The van der Waals surface area contributed by atoms with Crippen molar-refractivity contribution in [1.29, 1.82) is 5.26 Å². The summed E-state index contributed by atoms with van der Waals surface area (Å²) in [4.78, 5) is 44.5. The number of ether oxygens (including phenoxy) is 6. The van der Waals surface area contributed by atoms with Crippen LogP contribution in [0.1, 0.15) is 49.1 Å². The molecule has 0 bridgehead atoms. The van der Waals surface area contributed by atoms with E-state index >= 15 is 0 Å². The van der Waals surface area contributed by atoms with E-state index in [1.54, 1.807) is 70.4 Å². The van der Waals surface area contributed by atoms with Gasteiger partial charge in [0, 0.05) is 0 Å². The summed E-state index contributed by atoms with van der Waals surface area (Å²) in [6.07, 6.45) is 1.74. The molecular weight excluding hydrogens is 789 g/mol. The van der Waals surface area contributed by atoms with Gasteiger partial charge in [0.05, 0.1) is 64.5 Å². The molecule has 12 nitrogen and oxygen atoms in total. The quantitative estimate of drug-likeness (QED) is 0.136. The second-order valence-corrected chi connectivity index (χ2v) is 13.1. The molecule has 0 spiro atoms. The summed E-state index contributed by atoms with van der Waals surface area (Å²) in [6, 6.07) is 17.0. The van der Waals surface area contributed by atoms with Crippen molar-refractivity contribution in [3.8, 4) is 29.1 Å². The van der Waals surface area contributed by atoms with Crippen LogP contribution in [0.4, 0.5) is 0 Å². The Morgan fingerprint density at radius 3 is 2.43 bits per heavy atom. The van der Waals surface area contributed by atoms with Crippen molar-refractivity contribution in [2.75, 3.05) is 34.0 Å². The normalized spacial score (nSPS) is 13.8. The van der Waals surface area contributed by atoms with Crippen LogP contribution in [-0.4, -0.2) is 50.5 Å². The number of thiazole rings is 1. The molecule has 0 fully saturated rings. The number of carbonyl (C=O) groups excluding carboxylic acids is 2. The van der Waals surface area contributed by atoms with Crippen molar-refractivity contribution in [3.05, 3.63) is 111 Å². The van der Waals surface area contributed by atoms with Crippen molar-refractivity contribution in [2.24, 2.45) is 4.99 Å². The van der Waals surface area contributed by atoms with E-state index in [9.17, 15) is 14.4 Å². The number of carbonyl (C=O) groups is 2. The van der Waals surface area contributed by atoms with Crippen LogP contribution in [-0.2, 0) is 25.7 Å². The number of aromatic nitrogens is 1. The molecule has 3 aromatic carbocycles. The number of fused-ring (bicyclic) bond motifs is 1. The molecule has 4 aromatic rings. The second-order valence-electron chi connectivity index (χ2n) is 10.9. The lowest BCUT2D eigenvalue weighted by molar-refractivity contribution is -0.143. The molecule has 2 heterocycles. The summed E-state index contributed by atoms with van der Waals surface area (Å²) in [7, 11) is 2.81. The Kier molecular flexibility index (Phi) is 12.2. The largest absolute Gasteiger partial charge is 0.493 e. The fraction of sp³-hybridized carbons (Fsp3) is 0.270. The van der Waals surface area contributed by atoms with Crippen molar-refractivity contribution in [3.63, 3.8) is 0 Å². The molecule has 0 amide bonds. The zero-order valence-electron chi connectivity index (χ0n) is 28.5. The first-order valence-corrected chi connectivity index (χ1v) is 17.7. The third-order valence-corrected chi connectivity index (χ3v) is 9.47. The smallest absolute Gasteiger partial charge is 0.343 e. The van der Waals surface area contributed by atoms with E-state index in [1.165, 1.54) is 23.0 Å². The third kappa shape index (κ3) is 8.26. The van der Waals surface area contributed by atoms with E-state index < -0.39 is 18.0 Å². The van der Waals surface area contributed by atoms with Crippen LogP contribution < -0.4 is 33.8 Å². The van der Waals surface area contributed by atoms with Crippen molar-refractivity contribution < 1.29 is 38.0 Å². The number of halogens is 1. The molecule has 1 aromatic heterocycles. The Hall–Kier alpha value is -5.14. The minimum absolute atomic E-state index is 0.130. The Bertz CT molecular complexity index is 2220. The zero-order valence-corrected chi connectivity index (χ0v) is 31.5. The Morgan fingerprint density at radius 1 is 1.00 bits per heavy atom. The number of nitriles is 1. The van der Waals surface area contributed by atoms with Gasteiger partial charge in [-0.25, -0.2) is 14.6 Å². The number of nitrogens with zero attached hydrogens (tertiary/aromatic N) is 3. The van der Waals surface area contributed by atoms with Crippen LogP contribution in [0.3, 0.4) is 0 Å². The molecule has 14 heteroatoms. The number of methoxy groups -OCH3 is 2. The highest BCUT2D eigenvalue weighted by Crippen LogP contribution is 2.37. The summed E-state index contributed by atoms with van der Waals surface area (Å²) in [6.45, 7) is 5.58. The monoisotopic (exact) mass is 823 g/mol. The third-order valence-electron chi connectivity index (χ3n) is 7.69. The van der Waals surface area contributed by atoms with Gasteiger partial charge in [-0.05, 0) is 103 Å². The standard InChI is InChI=1S/C37H34IN3O9S/c1-6-47-28-17-25(12-13-27(28)49-20-31(42)46-5)33-32(36(44)48-7-2)21(3)40-37-41(33)35(43)30(51-37)16-24-14-26(38)34(29(15-24)45-4)50-19-23-10-8-22(18-39)9-11-23/h8-17,33H,6-7,19-20H2,1-5H3/b30-16+/t33-/m0/s1. The first-order chi connectivity index (χ1) is 24.6. The van der Waals surface area contributed by atoms with Crippen LogP contribution in [0.15, 0.2) is 75.7 Å². The van der Waals surface area contributed by atoms with Crippen molar-refractivity contribution >= 4 is 51.9 Å². The molecule has 264 valence electrons. The van der Waals surface area contributed by atoms with E-state index in [1.807, 2.05) is 18.2 Å². The molecule has 0 saturated heterocycles. The predicted octanol–water partition coefficient (Wildman–Crippen LogP) is 4.81. The van der Waals surface area contributed by atoms with E-state index in [0.29, 0.717) is 61.3 Å². The van der Waals surface area contributed by atoms with Gasteiger partial charge in [-0.15, -0.1) is 0 Å². The first-order valence-electron chi connectivity index (χ1n) is 15.8. The topological polar surface area (TPSA) is 148 Å². The fourth-order valence-corrected chi connectivity index (χ4v) is 7.16. The summed E-state index contributed by atoms with van der Waals surface area (Å²) >= 11 is 3.35. The molecule has 0 saturated carbocycles. The molecular formula is C37H34IN3O9S. The van der Waals surface area contributed by atoms with Gasteiger partial charge in [0.1, 0.15) is 6.61 Å². The maximum absolute atomic E-state index is 14.3. The van der Waals surface area contributed by atoms with Gasteiger partial charge in [-0.3, -0.25) is 9.36 Å². The molecule has 0 N–H and O–H groups in total. The Labute approximate surface area is 311 Å². The lowest BCUT2D eigenvalue weighted by atomic mass is 9.95. The molecule has 0 unspecified atom stereocenters. The summed E-state index contributed by atoms with van der Waals surface area (Å²) in [5.74, 6) is 0.477. The van der Waals surface area contributed by atoms with Gasteiger partial charge >= 0.3 is 11.9 Å². The Balaban J connectivity index is 1.57. The summed E-state index contributed by atoms with van der Waals surface area (Å²) in [5.41, 5.74) is 2.95. The number of allylic oxidation sites excluding steroid dienone is 1. The lowest BCUT2D eigenvalue weighted by Gasteiger charge is -2.25. The van der Waals surface area contributed by atoms with Crippen LogP contribution in [0.2, 0.25) is 0 Å². The maximum Gasteiger partial charge on any atom is 0.343 e. The molecule has 0 radical (unpaired) electrons. The van der Waals surface area contributed by atoms with E-state index in [0.717, 1.165) is 9.13 Å². The van der Waals surface area contributed by atoms with Crippen LogP contribution in [0.5, 0.6) is 23.0 Å². The number of hydrogen-bond acceptors (Lipinski definition) is 12. The van der Waals surface area contributed by atoms with Gasteiger partial charge in [-0.1, -0.05) is 29.5 Å². The van der Waals surface area contributed by atoms with Crippen molar-refractivity contribution in [2.45, 2.75) is 33.4 Å². The van der Waals surface area contributed by atoms with Crippen LogP contribution in [0.25, 0.3) is 6.08 Å². The maximum atomic E-state index is 14.3. The number of esters is 2. The van der Waals surface area contributed by atoms with E-state index in [-0.39, 0.29) is 31.0 Å². The first kappa shape index (κ1) is 37.1. The molecule has 51 heavy (non-hydrogen) atoms. The molecule has 1 atom stereocenters. The van der Waals surface area contributed by atoms with Gasteiger partial charge in [0.25, 0.3) is 5.56 Å². The molecule has 1 aliphatic rings. The second kappa shape index (κ2) is 16.7. The van der Waals surface area contributed by atoms with Crippen LogP contribution in [0, 0.1) is 14.9 Å². The average Bonchev–Trinajstić information content (AvgIpc) is 3.43. The fourth-order valence-electron chi connectivity index (χ4n) is 5.33. The van der Waals surface area contributed by atoms with Gasteiger partial charge in [0.2, 0.25) is 0 Å². The summed E-state index contributed by atoms with van der Waals surface area (Å²) in [5, 5.41) is 9.07. The van der Waals surface area contributed by atoms with Gasteiger partial charge in [-0.2, -0.15) is 5.26 Å². The van der Waals surface area contributed by atoms with Gasteiger partial charge in [0.15, 0.2) is 34.4 Å². The predicted molar refractivity (Wildman–Crippen MR) is 197 cm³/mol. The van der Waals surface area contributed by atoms with Gasteiger partial charge < -0.3 is 28.4 Å². The zero-order chi connectivity index (χ0) is 36.7. The lowest BCUT2D eigenvalue weighted by Crippen LogP contribution is -2.40. The highest BCUT2D eigenvalue weighted by atomic mass is 127. The number of hydrogen-bond donors (Lipinski definition) is 0. The highest BCUT2D eigenvalue weighted by molar-refractivity contribution is 14.1. The minimum Gasteiger partial charge on any atom is -0.493 e. The Morgan fingerprint density at radius 2 is 1.76 bits per heavy atom. The minimum atomic E-state index is -0.899.